The molecular weight excluding hydrogens is 431 g/mol. The van der Waals surface area contributed by atoms with Crippen molar-refractivity contribution >= 4 is 10.8 Å². The zero-order valence-corrected chi connectivity index (χ0v) is 19.2. The summed E-state index contributed by atoms with van der Waals surface area (Å²) in [6.07, 6.45) is 5.30. The van der Waals surface area contributed by atoms with Crippen LogP contribution in [0.2, 0.25) is 0 Å². The van der Waals surface area contributed by atoms with Gasteiger partial charge in [-0.3, -0.25) is 0 Å². The number of nitrogens with zero attached hydrogens (tertiary/aromatic N) is 1. The minimum Gasteiger partial charge on any atom is -0.206 e. The van der Waals surface area contributed by atoms with Gasteiger partial charge in [-0.2, -0.15) is 5.26 Å². The van der Waals surface area contributed by atoms with Gasteiger partial charge in [-0.1, -0.05) is 68.3 Å². The Morgan fingerprint density at radius 3 is 2.09 bits per heavy atom. The van der Waals surface area contributed by atoms with E-state index in [1.807, 2.05) is 18.2 Å². The molecule has 0 saturated carbocycles. The van der Waals surface area contributed by atoms with E-state index in [2.05, 4.69) is 31.2 Å². The fourth-order valence-electron chi connectivity index (χ4n) is 4.31. The standard InChI is InChI=1S/C30H26F3N/c1-2-3-4-5-20-6-9-22(10-7-20)24-14-15-26-25(18-24)13-12-23(30(26)33)11-8-21-16-28(31)27(19-34)29(32)17-21/h6-7,9-10,12-18H,2-5,8,11H2,1H3. The van der Waals surface area contributed by atoms with Crippen molar-refractivity contribution in [3.63, 3.8) is 0 Å². The van der Waals surface area contributed by atoms with Crippen LogP contribution in [0.25, 0.3) is 21.9 Å². The van der Waals surface area contributed by atoms with E-state index >= 15 is 4.39 Å². The molecule has 0 heterocycles. The van der Waals surface area contributed by atoms with Gasteiger partial charge in [-0.15, -0.1) is 0 Å². The van der Waals surface area contributed by atoms with E-state index in [9.17, 15) is 8.78 Å². The molecule has 4 aromatic carbocycles. The van der Waals surface area contributed by atoms with Crippen molar-refractivity contribution in [2.45, 2.75) is 45.4 Å². The predicted molar refractivity (Wildman–Crippen MR) is 131 cm³/mol. The third kappa shape index (κ3) is 5.15. The summed E-state index contributed by atoms with van der Waals surface area (Å²) in [6, 6.07) is 21.7. The molecule has 0 fully saturated rings. The number of nitriles is 1. The second-order valence-electron chi connectivity index (χ2n) is 8.67. The summed E-state index contributed by atoms with van der Waals surface area (Å²) < 4.78 is 42.9. The monoisotopic (exact) mass is 457 g/mol. The second kappa shape index (κ2) is 10.6. The number of fused-ring (bicyclic) bond motifs is 1. The molecule has 0 aliphatic carbocycles. The summed E-state index contributed by atoms with van der Waals surface area (Å²) in [7, 11) is 0. The van der Waals surface area contributed by atoms with Gasteiger partial charge in [0, 0.05) is 5.39 Å². The van der Waals surface area contributed by atoms with Crippen LogP contribution < -0.4 is 0 Å². The minimum atomic E-state index is -0.891. The number of halogens is 3. The van der Waals surface area contributed by atoms with Crippen LogP contribution in [0.15, 0.2) is 66.7 Å². The van der Waals surface area contributed by atoms with Crippen molar-refractivity contribution in [2.24, 2.45) is 0 Å². The molecule has 172 valence electrons. The molecule has 0 saturated heterocycles. The number of benzene rings is 4. The lowest BCUT2D eigenvalue weighted by molar-refractivity contribution is 0.572. The maximum Gasteiger partial charge on any atom is 0.144 e. The Morgan fingerprint density at radius 2 is 1.41 bits per heavy atom. The molecular formula is C30H26F3N. The van der Waals surface area contributed by atoms with Crippen molar-refractivity contribution in [3.05, 3.63) is 106 Å². The Hall–Kier alpha value is -3.58. The molecule has 0 aromatic heterocycles. The van der Waals surface area contributed by atoms with Gasteiger partial charge >= 0.3 is 0 Å². The molecule has 0 N–H and O–H groups in total. The number of hydrogen-bond acceptors (Lipinski definition) is 1. The Kier molecular flexibility index (Phi) is 7.33. The fraction of sp³-hybridized carbons (Fsp3) is 0.233. The van der Waals surface area contributed by atoms with Crippen LogP contribution in [0, 0.1) is 28.8 Å². The maximum absolute atomic E-state index is 15.2. The highest BCUT2D eigenvalue weighted by atomic mass is 19.1. The minimum absolute atomic E-state index is 0.269. The summed E-state index contributed by atoms with van der Waals surface area (Å²) in [5.41, 5.74) is 3.74. The Balaban J connectivity index is 1.51. The molecule has 4 heteroatoms. The first kappa shape index (κ1) is 23.6. The Morgan fingerprint density at radius 1 is 0.706 bits per heavy atom. The molecule has 0 radical (unpaired) electrons. The lowest BCUT2D eigenvalue weighted by Gasteiger charge is -2.10. The second-order valence-corrected chi connectivity index (χ2v) is 8.67. The van der Waals surface area contributed by atoms with Crippen LogP contribution >= 0.6 is 0 Å². The van der Waals surface area contributed by atoms with Gasteiger partial charge in [-0.25, -0.2) is 13.2 Å². The van der Waals surface area contributed by atoms with E-state index in [1.165, 1.54) is 30.9 Å². The van der Waals surface area contributed by atoms with Crippen molar-refractivity contribution < 1.29 is 13.2 Å². The van der Waals surface area contributed by atoms with Gasteiger partial charge < -0.3 is 0 Å². The van der Waals surface area contributed by atoms with Crippen LogP contribution in [-0.2, 0) is 19.3 Å². The highest BCUT2D eigenvalue weighted by molar-refractivity contribution is 5.88. The van der Waals surface area contributed by atoms with Gasteiger partial charge in [-0.05, 0) is 77.1 Å². The van der Waals surface area contributed by atoms with Crippen LogP contribution in [0.4, 0.5) is 13.2 Å². The summed E-state index contributed by atoms with van der Waals surface area (Å²) in [6.45, 7) is 2.20. The molecule has 0 aliphatic rings. The number of unbranched alkanes of at least 4 members (excludes halogenated alkanes) is 2. The number of aryl methyl sites for hydroxylation is 3. The first-order valence-corrected chi connectivity index (χ1v) is 11.7. The number of rotatable bonds is 8. The first-order chi connectivity index (χ1) is 16.5. The molecule has 0 amide bonds. The predicted octanol–water partition coefficient (Wildman–Crippen LogP) is 8.31. The van der Waals surface area contributed by atoms with Crippen LogP contribution in [0.5, 0.6) is 0 Å². The van der Waals surface area contributed by atoms with Gasteiger partial charge in [0.2, 0.25) is 0 Å². The van der Waals surface area contributed by atoms with Gasteiger partial charge in [0.1, 0.15) is 29.1 Å². The topological polar surface area (TPSA) is 23.8 Å². The summed E-state index contributed by atoms with van der Waals surface area (Å²) in [4.78, 5) is 0. The average molecular weight is 458 g/mol. The molecule has 0 atom stereocenters. The molecule has 4 rings (SSSR count). The summed E-state index contributed by atoms with van der Waals surface area (Å²) in [5.74, 6) is -2.10. The van der Waals surface area contributed by atoms with E-state index in [4.69, 9.17) is 5.26 Å². The van der Waals surface area contributed by atoms with E-state index in [1.54, 1.807) is 12.1 Å². The summed E-state index contributed by atoms with van der Waals surface area (Å²) in [5, 5.41) is 10.1. The molecule has 4 aromatic rings. The van der Waals surface area contributed by atoms with Gasteiger partial charge in [0.25, 0.3) is 0 Å². The van der Waals surface area contributed by atoms with E-state index in [0.717, 1.165) is 35.1 Å². The summed E-state index contributed by atoms with van der Waals surface area (Å²) >= 11 is 0. The van der Waals surface area contributed by atoms with E-state index < -0.39 is 17.2 Å². The Bertz CT molecular complexity index is 1330. The van der Waals surface area contributed by atoms with Crippen LogP contribution in [0.3, 0.4) is 0 Å². The largest absolute Gasteiger partial charge is 0.206 e. The SMILES string of the molecule is CCCCCc1ccc(-c2ccc3c(F)c(CCc4cc(F)c(C#N)c(F)c4)ccc3c2)cc1. The third-order valence-corrected chi connectivity index (χ3v) is 6.29. The van der Waals surface area contributed by atoms with E-state index in [0.29, 0.717) is 22.9 Å². The van der Waals surface area contributed by atoms with Crippen LogP contribution in [0.1, 0.15) is 48.4 Å². The zero-order valence-electron chi connectivity index (χ0n) is 19.2. The van der Waals surface area contributed by atoms with Crippen molar-refractivity contribution in [1.29, 1.82) is 5.26 Å². The maximum atomic E-state index is 15.2. The van der Waals surface area contributed by atoms with Crippen molar-refractivity contribution in [2.75, 3.05) is 0 Å². The highest BCUT2D eigenvalue weighted by Crippen LogP contribution is 2.29. The normalized spacial score (nSPS) is 11.0. The fourth-order valence-corrected chi connectivity index (χ4v) is 4.31. The third-order valence-electron chi connectivity index (χ3n) is 6.29. The molecule has 0 spiro atoms. The highest BCUT2D eigenvalue weighted by Gasteiger charge is 2.13. The lowest BCUT2D eigenvalue weighted by atomic mass is 9.96. The average Bonchev–Trinajstić information content (AvgIpc) is 2.84. The molecule has 0 bridgehead atoms. The molecule has 1 nitrogen and oxygen atoms in total. The lowest BCUT2D eigenvalue weighted by Crippen LogP contribution is -1.99. The Labute approximate surface area is 198 Å². The van der Waals surface area contributed by atoms with Crippen molar-refractivity contribution in [1.82, 2.24) is 0 Å². The first-order valence-electron chi connectivity index (χ1n) is 11.7. The quantitative estimate of drug-likeness (QED) is 0.244. The molecule has 34 heavy (non-hydrogen) atoms. The smallest absolute Gasteiger partial charge is 0.144 e. The van der Waals surface area contributed by atoms with Crippen LogP contribution in [-0.4, -0.2) is 0 Å². The zero-order chi connectivity index (χ0) is 24.1. The molecule has 0 unspecified atom stereocenters. The van der Waals surface area contributed by atoms with E-state index in [-0.39, 0.29) is 12.2 Å². The van der Waals surface area contributed by atoms with Gasteiger partial charge in [0.15, 0.2) is 0 Å². The molecule has 0 aliphatic heterocycles. The number of hydrogen-bond donors (Lipinski definition) is 0. The van der Waals surface area contributed by atoms with Gasteiger partial charge in [0.05, 0.1) is 0 Å². The van der Waals surface area contributed by atoms with Crippen molar-refractivity contribution in [3.8, 4) is 17.2 Å².